The Morgan fingerprint density at radius 3 is 2.75 bits per heavy atom. The molecule has 2 aromatic rings. The molecule has 0 atom stereocenters. The number of aromatic nitrogens is 1. The molecule has 0 fully saturated rings. The topological polar surface area (TPSA) is 71.5 Å². The fourth-order valence-electron chi connectivity index (χ4n) is 1.42. The number of benzene rings is 1. The van der Waals surface area contributed by atoms with Crippen molar-refractivity contribution < 1.29 is 14.6 Å². The van der Waals surface area contributed by atoms with Crippen molar-refractivity contribution >= 4 is 51.0 Å². The summed E-state index contributed by atoms with van der Waals surface area (Å²) in [5, 5.41) is 11.6. The largest absolute Gasteiger partial charge is 0.465 e. The molecule has 5 nitrogen and oxygen atoms in total. The second-order valence-electron chi connectivity index (χ2n) is 3.61. The normalized spacial score (nSPS) is 10.2. The second-order valence-corrected chi connectivity index (χ2v) is 5.37. The smallest absolute Gasteiger partial charge is 0.410 e. The molecular weight excluding hydrogens is 371 g/mol. The quantitative estimate of drug-likeness (QED) is 0.786. The molecular formula is C12H7BrCl2N2O3. The van der Waals surface area contributed by atoms with Gasteiger partial charge in [0.05, 0.1) is 5.02 Å². The Balaban J connectivity index is 2.39. The zero-order valence-corrected chi connectivity index (χ0v) is 12.8. The highest BCUT2D eigenvalue weighted by Gasteiger charge is 2.14. The zero-order chi connectivity index (χ0) is 14.7. The van der Waals surface area contributed by atoms with Gasteiger partial charge in [0.25, 0.3) is 0 Å². The van der Waals surface area contributed by atoms with Crippen LogP contribution in [0.1, 0.15) is 0 Å². The molecule has 0 saturated carbocycles. The third-order valence-electron chi connectivity index (χ3n) is 2.14. The van der Waals surface area contributed by atoms with Crippen LogP contribution in [0.25, 0.3) is 0 Å². The average Bonchev–Trinajstić information content (AvgIpc) is 2.31. The van der Waals surface area contributed by atoms with Gasteiger partial charge in [0.2, 0.25) is 0 Å². The number of nitrogens with one attached hydrogen (secondary N) is 1. The van der Waals surface area contributed by atoms with Crippen molar-refractivity contribution in [2.45, 2.75) is 0 Å². The Hall–Kier alpha value is -1.50. The summed E-state index contributed by atoms with van der Waals surface area (Å²) >= 11 is 15.2. The Bertz CT molecular complexity index is 647. The second kappa shape index (κ2) is 6.30. The summed E-state index contributed by atoms with van der Waals surface area (Å²) in [4.78, 5) is 14.6. The zero-order valence-electron chi connectivity index (χ0n) is 9.73. The molecule has 20 heavy (non-hydrogen) atoms. The first-order valence-corrected chi connectivity index (χ1v) is 6.79. The van der Waals surface area contributed by atoms with E-state index in [-0.39, 0.29) is 16.6 Å². The van der Waals surface area contributed by atoms with Gasteiger partial charge in [-0.05, 0) is 24.3 Å². The van der Waals surface area contributed by atoms with Crippen LogP contribution in [0.5, 0.6) is 11.5 Å². The lowest BCUT2D eigenvalue weighted by Crippen LogP contribution is -2.09. The minimum Gasteiger partial charge on any atom is -0.465 e. The summed E-state index contributed by atoms with van der Waals surface area (Å²) in [6.07, 6.45) is 0.103. The molecule has 0 aliphatic heterocycles. The van der Waals surface area contributed by atoms with Crippen LogP contribution < -0.4 is 10.1 Å². The number of pyridine rings is 1. The maximum Gasteiger partial charge on any atom is 0.410 e. The van der Waals surface area contributed by atoms with Crippen LogP contribution in [0.15, 0.2) is 34.9 Å². The molecule has 1 amide bonds. The fraction of sp³-hybridized carbons (Fsp3) is 0. The van der Waals surface area contributed by atoms with Crippen LogP contribution in [0.4, 0.5) is 10.6 Å². The van der Waals surface area contributed by atoms with Gasteiger partial charge in [-0.2, -0.15) is 0 Å². The van der Waals surface area contributed by atoms with E-state index in [2.05, 4.69) is 26.2 Å². The van der Waals surface area contributed by atoms with E-state index >= 15 is 0 Å². The van der Waals surface area contributed by atoms with Gasteiger partial charge in [0, 0.05) is 15.7 Å². The first-order valence-electron chi connectivity index (χ1n) is 5.24. The first-order chi connectivity index (χ1) is 9.45. The number of nitrogens with zero attached hydrogens (tertiary/aromatic N) is 1. The Kier molecular flexibility index (Phi) is 4.69. The molecule has 8 heteroatoms. The Morgan fingerprint density at radius 1 is 1.35 bits per heavy atom. The van der Waals surface area contributed by atoms with Crippen LogP contribution in [-0.2, 0) is 0 Å². The van der Waals surface area contributed by atoms with Gasteiger partial charge in [-0.3, -0.25) is 5.32 Å². The SMILES string of the molecule is O=C(O)Nc1nccc(Cl)c1Oc1cc(Cl)cc(Br)c1. The molecule has 0 aliphatic carbocycles. The molecule has 2 rings (SSSR count). The van der Waals surface area contributed by atoms with Crippen molar-refractivity contribution in [1.82, 2.24) is 4.98 Å². The van der Waals surface area contributed by atoms with Crippen LogP contribution in [0, 0.1) is 0 Å². The summed E-state index contributed by atoms with van der Waals surface area (Å²) in [5.74, 6) is 0.500. The lowest BCUT2D eigenvalue weighted by molar-refractivity contribution is 0.209. The van der Waals surface area contributed by atoms with Crippen molar-refractivity contribution in [3.63, 3.8) is 0 Å². The fourth-order valence-corrected chi connectivity index (χ4v) is 2.43. The molecule has 0 saturated heterocycles. The van der Waals surface area contributed by atoms with E-state index in [1.807, 2.05) is 0 Å². The van der Waals surface area contributed by atoms with Crippen molar-refractivity contribution in [1.29, 1.82) is 0 Å². The number of rotatable bonds is 3. The highest BCUT2D eigenvalue weighted by Crippen LogP contribution is 2.36. The molecule has 0 bridgehead atoms. The number of carbonyl (C=O) groups is 1. The van der Waals surface area contributed by atoms with E-state index in [1.165, 1.54) is 12.3 Å². The molecule has 0 aliphatic rings. The van der Waals surface area contributed by atoms with Crippen LogP contribution >= 0.6 is 39.1 Å². The molecule has 1 aromatic heterocycles. The average molecular weight is 378 g/mol. The van der Waals surface area contributed by atoms with Gasteiger partial charge in [-0.1, -0.05) is 39.1 Å². The molecule has 0 radical (unpaired) electrons. The summed E-state index contributed by atoms with van der Waals surface area (Å²) in [6.45, 7) is 0. The van der Waals surface area contributed by atoms with Crippen molar-refractivity contribution in [3.05, 3.63) is 45.0 Å². The van der Waals surface area contributed by atoms with Crippen LogP contribution in [0.3, 0.4) is 0 Å². The van der Waals surface area contributed by atoms with E-state index in [4.69, 9.17) is 33.0 Å². The number of halogens is 3. The van der Waals surface area contributed by atoms with Gasteiger partial charge in [-0.15, -0.1) is 0 Å². The van der Waals surface area contributed by atoms with Crippen LogP contribution in [-0.4, -0.2) is 16.2 Å². The number of anilines is 1. The van der Waals surface area contributed by atoms with E-state index < -0.39 is 6.09 Å². The van der Waals surface area contributed by atoms with Gasteiger partial charge >= 0.3 is 6.09 Å². The summed E-state index contributed by atoms with van der Waals surface area (Å²) in [7, 11) is 0. The van der Waals surface area contributed by atoms with Crippen LogP contribution in [0.2, 0.25) is 10.0 Å². The molecule has 0 spiro atoms. The third-order valence-corrected chi connectivity index (χ3v) is 3.11. The standard InChI is InChI=1S/C12H7BrCl2N2O3/c13-6-3-7(14)5-8(4-6)20-10-9(15)1-2-16-11(10)17-12(18)19/h1-5H,(H,16,17)(H,18,19). The maximum absolute atomic E-state index is 10.7. The monoisotopic (exact) mass is 376 g/mol. The number of carboxylic acid groups (broad SMARTS) is 1. The number of ether oxygens (including phenoxy) is 1. The lowest BCUT2D eigenvalue weighted by Gasteiger charge is -2.12. The molecule has 1 heterocycles. The summed E-state index contributed by atoms with van der Waals surface area (Å²) in [6, 6.07) is 6.42. The highest BCUT2D eigenvalue weighted by molar-refractivity contribution is 9.10. The number of hydrogen-bond acceptors (Lipinski definition) is 3. The van der Waals surface area contributed by atoms with E-state index in [1.54, 1.807) is 18.2 Å². The Morgan fingerprint density at radius 2 is 2.10 bits per heavy atom. The molecule has 2 N–H and O–H groups in total. The number of hydrogen-bond donors (Lipinski definition) is 2. The predicted octanol–water partition coefficient (Wildman–Crippen LogP) is 5.03. The summed E-state index contributed by atoms with van der Waals surface area (Å²) < 4.78 is 6.28. The lowest BCUT2D eigenvalue weighted by atomic mass is 10.3. The van der Waals surface area contributed by atoms with Crippen molar-refractivity contribution in [3.8, 4) is 11.5 Å². The Labute approximate surface area is 132 Å². The minimum absolute atomic E-state index is 0.00102. The van der Waals surface area contributed by atoms with E-state index in [9.17, 15) is 4.79 Å². The van der Waals surface area contributed by atoms with Gasteiger partial charge in [-0.25, -0.2) is 9.78 Å². The van der Waals surface area contributed by atoms with E-state index in [0.717, 1.165) is 0 Å². The minimum atomic E-state index is -1.27. The maximum atomic E-state index is 10.7. The van der Waals surface area contributed by atoms with Crippen molar-refractivity contribution in [2.75, 3.05) is 5.32 Å². The highest BCUT2D eigenvalue weighted by atomic mass is 79.9. The number of amides is 1. The van der Waals surface area contributed by atoms with Gasteiger partial charge in [0.1, 0.15) is 5.75 Å². The van der Waals surface area contributed by atoms with Gasteiger partial charge < -0.3 is 9.84 Å². The molecule has 1 aromatic carbocycles. The molecule has 104 valence electrons. The third kappa shape index (κ3) is 3.75. The van der Waals surface area contributed by atoms with Crippen molar-refractivity contribution in [2.24, 2.45) is 0 Å². The molecule has 0 unspecified atom stereocenters. The van der Waals surface area contributed by atoms with Gasteiger partial charge in [0.15, 0.2) is 11.6 Å². The first kappa shape index (κ1) is 14.9. The summed E-state index contributed by atoms with van der Waals surface area (Å²) in [5.41, 5.74) is 0. The van der Waals surface area contributed by atoms with E-state index in [0.29, 0.717) is 15.2 Å². The predicted molar refractivity (Wildman–Crippen MR) is 80.1 cm³/mol.